The summed E-state index contributed by atoms with van der Waals surface area (Å²) in [6.07, 6.45) is 5.19. The fourth-order valence-electron chi connectivity index (χ4n) is 1.54. The Morgan fingerprint density at radius 1 is 1.33 bits per heavy atom. The third-order valence-corrected chi connectivity index (χ3v) is 2.41. The quantitative estimate of drug-likeness (QED) is 0.413. The fraction of sp³-hybridized carbons (Fsp3) is 0.250. The van der Waals surface area contributed by atoms with Crippen molar-refractivity contribution < 1.29 is 31.0 Å². The first-order chi connectivity index (χ1) is 9.38. The van der Waals surface area contributed by atoms with Gasteiger partial charge in [0.05, 0.1) is 5.76 Å². The maximum absolute atomic E-state index is 10.0. The van der Waals surface area contributed by atoms with Gasteiger partial charge in [0, 0.05) is 6.08 Å². The standard InChI is InChI=1S/C11H12N2.C5H8O2.Pt/c1-10-3-5-11(6-4-10)13-8-7-12(2)9-13;1-4(6)3-5(2)7;/h3-5,7-9H,1-2H3;3,6H,1-2H3;/q-2;;+2/b;4-3-;. The Labute approximate surface area is 141 Å². The maximum atomic E-state index is 10.0. The molecular formula is C16H20N2O2Pt. The predicted molar refractivity (Wildman–Crippen MR) is 80.8 cm³/mol. The van der Waals surface area contributed by atoms with Crippen LogP contribution in [0.15, 0.2) is 42.4 Å². The molecule has 0 bridgehead atoms. The summed E-state index contributed by atoms with van der Waals surface area (Å²) in [4.78, 5) is 14.1. The van der Waals surface area contributed by atoms with E-state index in [1.807, 2.05) is 42.0 Å². The first-order valence-electron chi connectivity index (χ1n) is 6.28. The van der Waals surface area contributed by atoms with Gasteiger partial charge in [0.2, 0.25) is 0 Å². The Hall–Kier alpha value is -1.54. The van der Waals surface area contributed by atoms with Crippen molar-refractivity contribution in [2.45, 2.75) is 20.8 Å². The van der Waals surface area contributed by atoms with Gasteiger partial charge in [-0.25, -0.2) is 0 Å². The van der Waals surface area contributed by atoms with Crippen LogP contribution in [0.2, 0.25) is 0 Å². The Bertz CT molecular complexity index is 506. The third kappa shape index (κ3) is 7.71. The van der Waals surface area contributed by atoms with Crippen LogP contribution in [0.3, 0.4) is 0 Å². The molecular weight excluding hydrogens is 447 g/mol. The SMILES string of the molecule is CC(=O)/C=C(/C)O.Cc1c[c-]c(N2C=CN(C)[CH-]2)cc1.[Pt+2]. The molecule has 1 aromatic carbocycles. The topological polar surface area (TPSA) is 43.8 Å². The van der Waals surface area contributed by atoms with Gasteiger partial charge < -0.3 is 14.9 Å². The van der Waals surface area contributed by atoms with Crippen LogP contribution in [0, 0.1) is 19.7 Å². The van der Waals surface area contributed by atoms with E-state index in [9.17, 15) is 4.79 Å². The van der Waals surface area contributed by atoms with Crippen molar-refractivity contribution in [3.8, 4) is 0 Å². The van der Waals surface area contributed by atoms with Crippen LogP contribution in [0.4, 0.5) is 5.69 Å². The van der Waals surface area contributed by atoms with E-state index in [4.69, 9.17) is 5.11 Å². The summed E-state index contributed by atoms with van der Waals surface area (Å²) < 4.78 is 0. The average molecular weight is 467 g/mol. The Morgan fingerprint density at radius 2 is 2.00 bits per heavy atom. The summed E-state index contributed by atoms with van der Waals surface area (Å²) in [6.45, 7) is 6.93. The van der Waals surface area contributed by atoms with Gasteiger partial charge in [0.15, 0.2) is 5.78 Å². The number of carbonyl (C=O) groups excluding carboxylic acids is 1. The summed E-state index contributed by atoms with van der Waals surface area (Å²) in [7, 11) is 2.00. The van der Waals surface area contributed by atoms with Crippen LogP contribution in [-0.4, -0.2) is 22.8 Å². The molecule has 1 heterocycles. The second-order valence-electron chi connectivity index (χ2n) is 4.63. The van der Waals surface area contributed by atoms with Crippen molar-refractivity contribution in [3.63, 3.8) is 0 Å². The summed E-state index contributed by atoms with van der Waals surface area (Å²) in [5.74, 6) is -0.0625. The van der Waals surface area contributed by atoms with Gasteiger partial charge in [-0.15, -0.1) is 11.8 Å². The van der Waals surface area contributed by atoms with Crippen LogP contribution >= 0.6 is 0 Å². The van der Waals surface area contributed by atoms with Gasteiger partial charge >= 0.3 is 21.1 Å². The molecule has 0 unspecified atom stereocenters. The predicted octanol–water partition coefficient (Wildman–Crippen LogP) is 3.17. The minimum atomic E-state index is -0.125. The molecule has 2 rings (SSSR count). The Balaban J connectivity index is 0.000000436. The number of ketones is 1. The molecule has 0 aliphatic carbocycles. The normalized spacial score (nSPS) is 13.4. The Kier molecular flexibility index (Phi) is 8.71. The molecule has 0 spiro atoms. The fourth-order valence-corrected chi connectivity index (χ4v) is 1.54. The van der Waals surface area contributed by atoms with Gasteiger partial charge in [0.25, 0.3) is 0 Å². The zero-order chi connectivity index (χ0) is 15.1. The molecule has 21 heavy (non-hydrogen) atoms. The van der Waals surface area contributed by atoms with Crippen LogP contribution < -0.4 is 4.90 Å². The molecule has 0 saturated carbocycles. The van der Waals surface area contributed by atoms with Crippen LogP contribution in [0.1, 0.15) is 19.4 Å². The Morgan fingerprint density at radius 3 is 2.33 bits per heavy atom. The van der Waals surface area contributed by atoms with Crippen LogP contribution in [0.5, 0.6) is 0 Å². The number of anilines is 1. The number of aliphatic hydroxyl groups excluding tert-OH is 1. The number of rotatable bonds is 2. The first-order valence-corrected chi connectivity index (χ1v) is 6.28. The number of benzene rings is 1. The van der Waals surface area contributed by atoms with Crippen molar-refractivity contribution in [1.82, 2.24) is 4.90 Å². The number of carbonyl (C=O) groups is 1. The molecule has 0 amide bonds. The van der Waals surface area contributed by atoms with E-state index in [2.05, 4.69) is 25.1 Å². The monoisotopic (exact) mass is 467 g/mol. The molecule has 4 nitrogen and oxygen atoms in total. The molecule has 116 valence electrons. The average Bonchev–Trinajstić information content (AvgIpc) is 2.76. The zero-order valence-corrected chi connectivity index (χ0v) is 14.9. The molecule has 0 saturated heterocycles. The molecule has 0 aromatic heterocycles. The molecule has 0 fully saturated rings. The summed E-state index contributed by atoms with van der Waals surface area (Å²) in [6, 6.07) is 9.37. The van der Waals surface area contributed by atoms with Gasteiger partial charge in [-0.2, -0.15) is 30.4 Å². The molecule has 1 aromatic rings. The summed E-state index contributed by atoms with van der Waals surface area (Å²) in [5, 5.41) is 8.36. The maximum Gasteiger partial charge on any atom is 2.00 e. The molecule has 1 aliphatic rings. The minimum absolute atomic E-state index is 0. The summed E-state index contributed by atoms with van der Waals surface area (Å²) >= 11 is 0. The minimum Gasteiger partial charge on any atom is -0.512 e. The van der Waals surface area contributed by atoms with E-state index in [1.54, 1.807) is 0 Å². The molecule has 0 atom stereocenters. The smallest absolute Gasteiger partial charge is 0.512 e. The van der Waals surface area contributed by atoms with Gasteiger partial charge in [0.1, 0.15) is 0 Å². The number of allylic oxidation sites excluding steroid dienone is 2. The van der Waals surface area contributed by atoms with E-state index in [-0.39, 0.29) is 32.6 Å². The van der Waals surface area contributed by atoms with E-state index in [1.165, 1.54) is 25.5 Å². The molecule has 1 aliphatic heterocycles. The first kappa shape index (κ1) is 19.5. The zero-order valence-electron chi connectivity index (χ0n) is 12.6. The van der Waals surface area contributed by atoms with Crippen molar-refractivity contribution in [3.05, 3.63) is 60.7 Å². The van der Waals surface area contributed by atoms with E-state index in [0.29, 0.717) is 0 Å². The van der Waals surface area contributed by atoms with E-state index >= 15 is 0 Å². The molecule has 0 radical (unpaired) electrons. The van der Waals surface area contributed by atoms with E-state index in [0.717, 1.165) is 5.69 Å². The summed E-state index contributed by atoms with van der Waals surface area (Å²) in [5.41, 5.74) is 2.31. The number of aliphatic hydroxyl groups is 1. The van der Waals surface area contributed by atoms with Gasteiger partial charge in [-0.3, -0.25) is 4.79 Å². The third-order valence-electron chi connectivity index (χ3n) is 2.41. The number of hydrogen-bond donors (Lipinski definition) is 1. The van der Waals surface area contributed by atoms with Crippen molar-refractivity contribution in [1.29, 1.82) is 0 Å². The van der Waals surface area contributed by atoms with Gasteiger partial charge in [-0.1, -0.05) is 6.92 Å². The van der Waals surface area contributed by atoms with Crippen LogP contribution in [0.25, 0.3) is 0 Å². The van der Waals surface area contributed by atoms with Crippen LogP contribution in [-0.2, 0) is 25.9 Å². The number of hydrogen-bond acceptors (Lipinski definition) is 4. The largest absolute Gasteiger partial charge is 2.00 e. The van der Waals surface area contributed by atoms with E-state index < -0.39 is 0 Å². The molecule has 5 heteroatoms. The van der Waals surface area contributed by atoms with Gasteiger partial charge in [-0.05, 0) is 33.3 Å². The van der Waals surface area contributed by atoms with Crippen molar-refractivity contribution >= 4 is 11.5 Å². The second kappa shape index (κ2) is 9.40. The number of nitrogens with zero attached hydrogens (tertiary/aromatic N) is 2. The second-order valence-corrected chi connectivity index (χ2v) is 4.63. The van der Waals surface area contributed by atoms with Crippen molar-refractivity contribution in [2.24, 2.45) is 0 Å². The number of aryl methyl sites for hydroxylation is 1. The molecule has 1 N–H and O–H groups in total. The van der Waals surface area contributed by atoms with Crippen molar-refractivity contribution in [2.75, 3.05) is 11.9 Å².